The van der Waals surface area contributed by atoms with Crippen LogP contribution in [0.25, 0.3) is 5.53 Å². The van der Waals surface area contributed by atoms with Gasteiger partial charge in [0, 0.05) is 5.56 Å². The van der Waals surface area contributed by atoms with Crippen molar-refractivity contribution in [2.24, 2.45) is 5.73 Å². The van der Waals surface area contributed by atoms with Gasteiger partial charge in [0.05, 0.1) is 6.42 Å². The predicted octanol–water partition coefficient (Wildman–Crippen LogP) is 0.424. The number of fused-ring (bicyclic) bond motifs is 1. The molecule has 0 saturated carbocycles. The van der Waals surface area contributed by atoms with E-state index in [1.54, 1.807) is 12.1 Å². The summed E-state index contributed by atoms with van der Waals surface area (Å²) in [4.78, 5) is 14.7. The van der Waals surface area contributed by atoms with Crippen molar-refractivity contribution in [1.29, 1.82) is 0 Å². The Hall–Kier alpha value is -1.77. The fraction of sp³-hybridized carbons (Fsp3) is 0.200. The van der Waals surface area contributed by atoms with Crippen LogP contribution >= 0.6 is 0 Å². The molecule has 0 amide bonds. The fourth-order valence-electron chi connectivity index (χ4n) is 1.64. The van der Waals surface area contributed by atoms with Crippen LogP contribution < -0.4 is 5.73 Å². The Kier molecular flexibility index (Phi) is 2.00. The summed E-state index contributed by atoms with van der Waals surface area (Å²) in [5, 5.41) is 0. The lowest BCUT2D eigenvalue weighted by molar-refractivity contribution is -0.0119. The van der Waals surface area contributed by atoms with E-state index in [0.29, 0.717) is 17.7 Å². The minimum atomic E-state index is -0.796. The SMILES string of the molecule is [N-]=[N+]=C1Cc2ccccc2C(=O)C1N. The summed E-state index contributed by atoms with van der Waals surface area (Å²) in [6, 6.07) is 6.42. The Morgan fingerprint density at radius 3 is 2.86 bits per heavy atom. The van der Waals surface area contributed by atoms with E-state index < -0.39 is 6.04 Å². The van der Waals surface area contributed by atoms with Crippen molar-refractivity contribution < 1.29 is 9.58 Å². The van der Waals surface area contributed by atoms with E-state index in [1.807, 2.05) is 12.1 Å². The molecular formula is C10H9N3O. The number of ketones is 1. The number of nitrogens with two attached hydrogens (primary N) is 1. The van der Waals surface area contributed by atoms with Crippen LogP contribution in [0, 0.1) is 0 Å². The van der Waals surface area contributed by atoms with Crippen LogP contribution in [0.1, 0.15) is 15.9 Å². The third-order valence-corrected chi connectivity index (χ3v) is 2.42. The minimum Gasteiger partial charge on any atom is -0.362 e. The van der Waals surface area contributed by atoms with Gasteiger partial charge in [-0.3, -0.25) is 4.79 Å². The summed E-state index contributed by atoms with van der Waals surface area (Å²) in [5.74, 6) is -0.181. The number of rotatable bonds is 0. The zero-order chi connectivity index (χ0) is 10.1. The van der Waals surface area contributed by atoms with E-state index in [9.17, 15) is 4.79 Å². The molecule has 0 aliphatic heterocycles. The van der Waals surface area contributed by atoms with Gasteiger partial charge in [-0.1, -0.05) is 24.3 Å². The molecule has 1 aromatic rings. The van der Waals surface area contributed by atoms with Crippen molar-refractivity contribution in [3.05, 3.63) is 40.9 Å². The lowest BCUT2D eigenvalue weighted by Gasteiger charge is -2.15. The molecule has 1 aliphatic rings. The average molecular weight is 187 g/mol. The van der Waals surface area contributed by atoms with E-state index in [0.717, 1.165) is 5.56 Å². The second kappa shape index (κ2) is 3.18. The summed E-state index contributed by atoms with van der Waals surface area (Å²) in [7, 11) is 0. The number of benzene rings is 1. The predicted molar refractivity (Wildman–Crippen MR) is 51.1 cm³/mol. The molecule has 1 aromatic carbocycles. The molecule has 1 atom stereocenters. The maximum atomic E-state index is 11.7. The molecule has 1 aliphatic carbocycles. The second-order valence-corrected chi connectivity index (χ2v) is 3.27. The van der Waals surface area contributed by atoms with Crippen LogP contribution in [0.15, 0.2) is 24.3 Å². The first-order chi connectivity index (χ1) is 6.74. The topological polar surface area (TPSA) is 79.5 Å². The first-order valence-electron chi connectivity index (χ1n) is 4.32. The fourth-order valence-corrected chi connectivity index (χ4v) is 1.64. The van der Waals surface area contributed by atoms with Crippen LogP contribution in [0.5, 0.6) is 0 Å². The number of Topliss-reactive ketones (excluding diaryl/α,β-unsaturated/α-hetero) is 1. The third kappa shape index (κ3) is 1.18. The normalized spacial score (nSPS) is 20.2. The summed E-state index contributed by atoms with van der Waals surface area (Å²) >= 11 is 0. The first kappa shape index (κ1) is 8.81. The number of hydrogen-bond acceptors (Lipinski definition) is 2. The summed E-state index contributed by atoms with van der Waals surface area (Å²) in [5.41, 5.74) is 16.1. The lowest BCUT2D eigenvalue weighted by Crippen LogP contribution is -2.44. The Balaban J connectivity index is 2.58. The highest BCUT2D eigenvalue weighted by Gasteiger charge is 2.34. The Labute approximate surface area is 81.0 Å². The van der Waals surface area contributed by atoms with Gasteiger partial charge in [0.25, 0.3) is 5.71 Å². The Morgan fingerprint density at radius 1 is 1.43 bits per heavy atom. The van der Waals surface area contributed by atoms with E-state index in [4.69, 9.17) is 11.3 Å². The number of hydrogen-bond donors (Lipinski definition) is 1. The summed E-state index contributed by atoms with van der Waals surface area (Å²) in [6.07, 6.45) is 0.444. The molecule has 2 N–H and O–H groups in total. The maximum Gasteiger partial charge on any atom is 0.297 e. The van der Waals surface area contributed by atoms with Crippen LogP contribution in [0.2, 0.25) is 0 Å². The number of carbonyl (C=O) groups is 1. The van der Waals surface area contributed by atoms with Gasteiger partial charge in [0.15, 0.2) is 11.8 Å². The molecule has 1 unspecified atom stereocenters. The molecule has 4 heteroatoms. The van der Waals surface area contributed by atoms with E-state index >= 15 is 0 Å². The minimum absolute atomic E-state index is 0.181. The largest absolute Gasteiger partial charge is 0.362 e. The van der Waals surface area contributed by atoms with Gasteiger partial charge < -0.3 is 11.3 Å². The zero-order valence-electron chi connectivity index (χ0n) is 7.47. The summed E-state index contributed by atoms with van der Waals surface area (Å²) < 4.78 is 0. The van der Waals surface area contributed by atoms with Gasteiger partial charge in [-0.05, 0) is 5.56 Å². The summed E-state index contributed by atoms with van der Waals surface area (Å²) in [6.45, 7) is 0. The highest BCUT2D eigenvalue weighted by atomic mass is 16.1. The van der Waals surface area contributed by atoms with Crippen molar-refractivity contribution in [3.63, 3.8) is 0 Å². The van der Waals surface area contributed by atoms with Crippen LogP contribution in [0.4, 0.5) is 0 Å². The Morgan fingerprint density at radius 2 is 2.14 bits per heavy atom. The molecule has 0 bridgehead atoms. The molecule has 0 saturated heterocycles. The van der Waals surface area contributed by atoms with Crippen molar-refractivity contribution in [2.75, 3.05) is 0 Å². The monoisotopic (exact) mass is 187 g/mol. The molecule has 4 nitrogen and oxygen atoms in total. The standard InChI is InChI=1S/C10H9N3O/c11-9-8(13-12)5-6-3-1-2-4-7(6)10(9)14/h1-4,9H,5,11H2. The van der Waals surface area contributed by atoms with Crippen LogP contribution in [-0.2, 0) is 6.42 Å². The molecule has 70 valence electrons. The number of carbonyl (C=O) groups excluding carboxylic acids is 1. The average Bonchev–Trinajstić information content (AvgIpc) is 2.23. The zero-order valence-corrected chi connectivity index (χ0v) is 7.47. The molecular weight excluding hydrogens is 178 g/mol. The molecule has 0 spiro atoms. The van der Waals surface area contributed by atoms with Crippen molar-refractivity contribution in [3.8, 4) is 0 Å². The second-order valence-electron chi connectivity index (χ2n) is 3.27. The van der Waals surface area contributed by atoms with E-state index in [1.165, 1.54) is 0 Å². The van der Waals surface area contributed by atoms with E-state index in [2.05, 4.69) is 4.79 Å². The molecule has 14 heavy (non-hydrogen) atoms. The molecule has 0 fully saturated rings. The van der Waals surface area contributed by atoms with Crippen molar-refractivity contribution >= 4 is 11.5 Å². The van der Waals surface area contributed by atoms with Crippen LogP contribution in [0.3, 0.4) is 0 Å². The first-order valence-corrected chi connectivity index (χ1v) is 4.32. The van der Waals surface area contributed by atoms with Gasteiger partial charge in [0.2, 0.25) is 0 Å². The van der Waals surface area contributed by atoms with Gasteiger partial charge >= 0.3 is 0 Å². The van der Waals surface area contributed by atoms with Crippen molar-refractivity contribution in [2.45, 2.75) is 12.5 Å². The number of nitrogens with zero attached hydrogens (tertiary/aromatic N) is 2. The Bertz CT molecular complexity index is 446. The third-order valence-electron chi connectivity index (χ3n) is 2.42. The lowest BCUT2D eigenvalue weighted by atomic mass is 9.86. The van der Waals surface area contributed by atoms with Gasteiger partial charge in [-0.15, -0.1) is 0 Å². The van der Waals surface area contributed by atoms with Gasteiger partial charge in [0.1, 0.15) is 0 Å². The highest BCUT2D eigenvalue weighted by molar-refractivity contribution is 6.18. The highest BCUT2D eigenvalue weighted by Crippen LogP contribution is 2.17. The van der Waals surface area contributed by atoms with Gasteiger partial charge in [-0.2, -0.15) is 4.79 Å². The molecule has 2 rings (SSSR count). The van der Waals surface area contributed by atoms with Gasteiger partial charge in [-0.25, -0.2) is 0 Å². The quantitative estimate of drug-likeness (QED) is 0.472. The van der Waals surface area contributed by atoms with E-state index in [-0.39, 0.29) is 5.78 Å². The smallest absolute Gasteiger partial charge is 0.297 e. The molecule has 0 aromatic heterocycles. The molecule has 0 radical (unpaired) electrons. The van der Waals surface area contributed by atoms with Crippen LogP contribution in [-0.4, -0.2) is 22.3 Å². The molecule has 0 heterocycles. The maximum absolute atomic E-state index is 11.7. The van der Waals surface area contributed by atoms with Crippen molar-refractivity contribution in [1.82, 2.24) is 0 Å².